The van der Waals surface area contributed by atoms with E-state index in [1.807, 2.05) is 26.0 Å². The van der Waals surface area contributed by atoms with E-state index in [4.69, 9.17) is 14.5 Å². The van der Waals surface area contributed by atoms with E-state index in [-0.39, 0.29) is 11.5 Å². The first-order valence-electron chi connectivity index (χ1n) is 10.1. The number of thiazole rings is 1. The molecule has 160 valence electrons. The summed E-state index contributed by atoms with van der Waals surface area (Å²) in [7, 11) is 1.77. The van der Waals surface area contributed by atoms with Crippen molar-refractivity contribution in [1.82, 2.24) is 15.6 Å². The van der Waals surface area contributed by atoms with Gasteiger partial charge in [0.2, 0.25) is 0 Å². The molecule has 1 aromatic carbocycles. The molecule has 0 spiro atoms. The lowest BCUT2D eigenvalue weighted by atomic mass is 9.93. The summed E-state index contributed by atoms with van der Waals surface area (Å²) in [6.45, 7) is 14.4. The Labute approximate surface area is 178 Å². The molecule has 0 aliphatic carbocycles. The minimum Gasteiger partial charge on any atom is -0.490 e. The fourth-order valence-corrected chi connectivity index (χ4v) is 3.68. The smallest absolute Gasteiger partial charge is 0.191 e. The van der Waals surface area contributed by atoms with Gasteiger partial charge in [-0.2, -0.15) is 0 Å². The first-order chi connectivity index (χ1) is 13.8. The molecule has 1 heterocycles. The molecular weight excluding hydrogens is 384 g/mol. The van der Waals surface area contributed by atoms with Crippen LogP contribution in [0.2, 0.25) is 0 Å². The van der Waals surface area contributed by atoms with E-state index < -0.39 is 0 Å². The summed E-state index contributed by atoms with van der Waals surface area (Å²) in [4.78, 5) is 9.07. The summed E-state index contributed by atoms with van der Waals surface area (Å²) < 4.78 is 11.4. The van der Waals surface area contributed by atoms with Gasteiger partial charge < -0.3 is 20.1 Å². The minimum atomic E-state index is 0.0533. The maximum absolute atomic E-state index is 5.74. The summed E-state index contributed by atoms with van der Waals surface area (Å²) >= 11 is 1.67. The Morgan fingerprint density at radius 1 is 1.17 bits per heavy atom. The Balaban J connectivity index is 2.01. The van der Waals surface area contributed by atoms with Crippen LogP contribution in [-0.2, 0) is 12.0 Å². The van der Waals surface area contributed by atoms with Crippen LogP contribution in [0.15, 0.2) is 28.6 Å². The fraction of sp³-hybridized carbons (Fsp3) is 0.545. The van der Waals surface area contributed by atoms with Crippen molar-refractivity contribution < 1.29 is 9.47 Å². The predicted octanol–water partition coefficient (Wildman–Crippen LogP) is 4.66. The zero-order valence-corrected chi connectivity index (χ0v) is 19.4. The SMILES string of the molecule is CCOc1ccc(C(C)NC(=NC)NCc2nc(C(C)(C)C)cs2)cc1OCC. The third kappa shape index (κ3) is 6.63. The molecule has 0 radical (unpaired) electrons. The maximum atomic E-state index is 5.74. The number of nitrogens with zero attached hydrogens (tertiary/aromatic N) is 2. The summed E-state index contributed by atoms with van der Waals surface area (Å²) in [6, 6.07) is 6.09. The monoisotopic (exact) mass is 418 g/mol. The molecule has 1 atom stereocenters. The Bertz CT molecular complexity index is 811. The number of rotatable bonds is 8. The zero-order chi connectivity index (χ0) is 21.4. The Hall–Kier alpha value is -2.28. The largest absolute Gasteiger partial charge is 0.490 e. The van der Waals surface area contributed by atoms with Gasteiger partial charge in [-0.15, -0.1) is 11.3 Å². The highest BCUT2D eigenvalue weighted by atomic mass is 32.1. The van der Waals surface area contributed by atoms with Crippen LogP contribution >= 0.6 is 11.3 Å². The Kier molecular flexibility index (Phi) is 8.32. The standard InChI is InChI=1S/C22H34N4O2S/c1-8-27-17-11-10-16(12-18(17)28-9-2)15(3)25-21(23-7)24-13-20-26-19(14-29-20)22(4,5)6/h10-12,14-15H,8-9,13H2,1-7H3,(H2,23,24,25). The molecule has 0 fully saturated rings. The van der Waals surface area contributed by atoms with Gasteiger partial charge in [0.15, 0.2) is 17.5 Å². The van der Waals surface area contributed by atoms with Crippen molar-refractivity contribution in [2.24, 2.45) is 4.99 Å². The van der Waals surface area contributed by atoms with Crippen molar-refractivity contribution in [3.05, 3.63) is 39.8 Å². The number of hydrogen-bond acceptors (Lipinski definition) is 5. The van der Waals surface area contributed by atoms with E-state index in [0.29, 0.717) is 19.8 Å². The fourth-order valence-electron chi connectivity index (χ4n) is 2.72. The molecule has 29 heavy (non-hydrogen) atoms. The van der Waals surface area contributed by atoms with Crippen molar-refractivity contribution in [1.29, 1.82) is 0 Å². The van der Waals surface area contributed by atoms with E-state index in [1.165, 1.54) is 0 Å². The number of aromatic nitrogens is 1. The van der Waals surface area contributed by atoms with Crippen LogP contribution in [0, 0.1) is 0 Å². The van der Waals surface area contributed by atoms with Gasteiger partial charge in [0.25, 0.3) is 0 Å². The van der Waals surface area contributed by atoms with Gasteiger partial charge in [-0.3, -0.25) is 4.99 Å². The second-order valence-electron chi connectivity index (χ2n) is 7.74. The lowest BCUT2D eigenvalue weighted by molar-refractivity contribution is 0.287. The third-order valence-corrected chi connectivity index (χ3v) is 5.22. The normalized spacial score (nSPS) is 13.1. The van der Waals surface area contributed by atoms with E-state index in [9.17, 15) is 0 Å². The second-order valence-corrected chi connectivity index (χ2v) is 8.68. The molecule has 0 aliphatic rings. The summed E-state index contributed by atoms with van der Waals surface area (Å²) in [5, 5.41) is 9.96. The van der Waals surface area contributed by atoms with Crippen LogP contribution in [0.4, 0.5) is 0 Å². The molecule has 2 rings (SSSR count). The van der Waals surface area contributed by atoms with Gasteiger partial charge in [0, 0.05) is 17.8 Å². The molecule has 0 saturated carbocycles. The first-order valence-corrected chi connectivity index (χ1v) is 11.0. The van der Waals surface area contributed by atoms with E-state index >= 15 is 0 Å². The van der Waals surface area contributed by atoms with Gasteiger partial charge in [-0.25, -0.2) is 4.98 Å². The summed E-state index contributed by atoms with van der Waals surface area (Å²) in [5.74, 6) is 2.27. The maximum Gasteiger partial charge on any atom is 0.191 e. The van der Waals surface area contributed by atoms with Crippen molar-refractivity contribution in [2.75, 3.05) is 20.3 Å². The van der Waals surface area contributed by atoms with Crippen LogP contribution < -0.4 is 20.1 Å². The van der Waals surface area contributed by atoms with Crippen molar-refractivity contribution >= 4 is 17.3 Å². The molecule has 0 aliphatic heterocycles. The predicted molar refractivity (Wildman–Crippen MR) is 121 cm³/mol. The van der Waals surface area contributed by atoms with Crippen LogP contribution in [0.25, 0.3) is 0 Å². The second kappa shape index (κ2) is 10.5. The highest BCUT2D eigenvalue weighted by molar-refractivity contribution is 7.09. The number of guanidine groups is 1. The summed E-state index contributed by atoms with van der Waals surface area (Å²) in [6.07, 6.45) is 0. The average molecular weight is 419 g/mol. The number of nitrogens with one attached hydrogen (secondary N) is 2. The molecule has 0 bridgehead atoms. The molecule has 1 unspecified atom stereocenters. The molecule has 6 nitrogen and oxygen atoms in total. The van der Waals surface area contributed by atoms with E-state index in [1.54, 1.807) is 18.4 Å². The van der Waals surface area contributed by atoms with Gasteiger partial charge >= 0.3 is 0 Å². The van der Waals surface area contributed by atoms with Crippen LogP contribution in [0.5, 0.6) is 11.5 Å². The van der Waals surface area contributed by atoms with Gasteiger partial charge in [0.05, 0.1) is 31.5 Å². The van der Waals surface area contributed by atoms with Gasteiger partial charge in [-0.1, -0.05) is 26.8 Å². The van der Waals surface area contributed by atoms with Crippen molar-refractivity contribution in [2.45, 2.75) is 59.5 Å². The number of aliphatic imine (C=N–C) groups is 1. The topological polar surface area (TPSA) is 67.8 Å². The lowest BCUT2D eigenvalue weighted by Gasteiger charge is -2.20. The molecule has 1 aromatic heterocycles. The van der Waals surface area contributed by atoms with Crippen molar-refractivity contribution in [3.63, 3.8) is 0 Å². The zero-order valence-electron chi connectivity index (χ0n) is 18.6. The van der Waals surface area contributed by atoms with E-state index in [2.05, 4.69) is 54.8 Å². The Morgan fingerprint density at radius 2 is 1.86 bits per heavy atom. The minimum absolute atomic E-state index is 0.0533. The first kappa shape index (κ1) is 23.0. The van der Waals surface area contributed by atoms with E-state index in [0.717, 1.165) is 33.7 Å². The van der Waals surface area contributed by atoms with Crippen molar-refractivity contribution in [3.8, 4) is 11.5 Å². The quantitative estimate of drug-likeness (QED) is 0.482. The van der Waals surface area contributed by atoms with Crippen LogP contribution in [0.3, 0.4) is 0 Å². The molecule has 7 heteroatoms. The third-order valence-electron chi connectivity index (χ3n) is 4.37. The molecule has 2 N–H and O–H groups in total. The molecule has 2 aromatic rings. The highest BCUT2D eigenvalue weighted by Gasteiger charge is 2.18. The molecule has 0 amide bonds. The van der Waals surface area contributed by atoms with Gasteiger partial charge in [0.1, 0.15) is 5.01 Å². The Morgan fingerprint density at radius 3 is 2.45 bits per heavy atom. The van der Waals surface area contributed by atoms with Gasteiger partial charge in [-0.05, 0) is 38.5 Å². The highest BCUT2D eigenvalue weighted by Crippen LogP contribution is 2.30. The summed E-state index contributed by atoms with van der Waals surface area (Å²) in [5.41, 5.74) is 2.28. The average Bonchev–Trinajstić information content (AvgIpc) is 3.16. The van der Waals surface area contributed by atoms with Crippen LogP contribution in [-0.4, -0.2) is 31.2 Å². The number of benzene rings is 1. The number of ether oxygens (including phenoxy) is 2. The number of hydrogen-bond donors (Lipinski definition) is 2. The molecule has 0 saturated heterocycles. The molecular formula is C22H34N4O2S. The van der Waals surface area contributed by atoms with Crippen LogP contribution in [0.1, 0.15) is 63.8 Å². The lowest BCUT2D eigenvalue weighted by Crippen LogP contribution is -2.38.